The number of hydrogen-bond donors (Lipinski definition) is 3. The molecule has 104 valence electrons. The molecule has 2 aliphatic heterocycles. The van der Waals surface area contributed by atoms with Crippen molar-refractivity contribution >= 4 is 5.95 Å². The molecular formula is C13H20N4O2. The minimum atomic E-state index is -0.410. The highest BCUT2D eigenvalue weighted by atomic mass is 16.5. The summed E-state index contributed by atoms with van der Waals surface area (Å²) >= 11 is 0. The normalized spacial score (nSPS) is 27.3. The summed E-state index contributed by atoms with van der Waals surface area (Å²) in [6.45, 7) is 4.29. The highest BCUT2D eigenvalue weighted by molar-refractivity contribution is 5.37. The van der Waals surface area contributed by atoms with E-state index in [0.717, 1.165) is 37.3 Å². The first kappa shape index (κ1) is 12.8. The predicted molar refractivity (Wildman–Crippen MR) is 70.8 cm³/mol. The third-order valence-corrected chi connectivity index (χ3v) is 3.98. The zero-order valence-corrected chi connectivity index (χ0v) is 11.1. The first-order valence-electron chi connectivity index (χ1n) is 6.78. The minimum Gasteiger partial charge on any atom is -0.394 e. The summed E-state index contributed by atoms with van der Waals surface area (Å²) in [6.07, 6.45) is 3.81. The molecule has 0 bridgehead atoms. The fourth-order valence-electron chi connectivity index (χ4n) is 2.62. The molecule has 1 aromatic heterocycles. The van der Waals surface area contributed by atoms with Crippen LogP contribution in [0, 0.1) is 0 Å². The summed E-state index contributed by atoms with van der Waals surface area (Å²) in [5, 5.41) is 16.1. The van der Waals surface area contributed by atoms with Gasteiger partial charge in [-0.1, -0.05) is 0 Å². The molecule has 6 nitrogen and oxygen atoms in total. The van der Waals surface area contributed by atoms with Crippen molar-refractivity contribution in [2.24, 2.45) is 0 Å². The lowest BCUT2D eigenvalue weighted by molar-refractivity contribution is 0.0903. The molecule has 1 unspecified atom stereocenters. The second-order valence-corrected chi connectivity index (χ2v) is 5.43. The van der Waals surface area contributed by atoms with Gasteiger partial charge in [-0.15, -0.1) is 0 Å². The molecule has 19 heavy (non-hydrogen) atoms. The standard InChI is InChI=1S/C13H20N4O2/c1-13(8-18)10-6-14-12(17-11(10)7-15-13)16-9-2-4-19-5-3-9/h6,9,15,18H,2-5,7-8H2,1H3,(H,14,16,17). The molecule has 0 aliphatic carbocycles. The van der Waals surface area contributed by atoms with E-state index in [2.05, 4.69) is 20.6 Å². The fraction of sp³-hybridized carbons (Fsp3) is 0.692. The Morgan fingerprint density at radius 3 is 3.05 bits per heavy atom. The molecule has 1 fully saturated rings. The lowest BCUT2D eigenvalue weighted by atomic mass is 9.97. The maximum absolute atomic E-state index is 9.45. The maximum atomic E-state index is 9.45. The highest BCUT2D eigenvalue weighted by Gasteiger charge is 2.34. The second-order valence-electron chi connectivity index (χ2n) is 5.43. The summed E-state index contributed by atoms with van der Waals surface area (Å²) in [5.74, 6) is 0.676. The summed E-state index contributed by atoms with van der Waals surface area (Å²) in [4.78, 5) is 8.93. The Labute approximate surface area is 112 Å². The van der Waals surface area contributed by atoms with Crippen molar-refractivity contribution in [2.45, 2.75) is 37.9 Å². The van der Waals surface area contributed by atoms with Crippen LogP contribution >= 0.6 is 0 Å². The number of nitrogens with one attached hydrogen (secondary N) is 2. The second kappa shape index (κ2) is 5.03. The third kappa shape index (κ3) is 2.43. The van der Waals surface area contributed by atoms with E-state index in [4.69, 9.17) is 4.74 Å². The molecule has 3 N–H and O–H groups in total. The molecule has 0 spiro atoms. The third-order valence-electron chi connectivity index (χ3n) is 3.98. The zero-order chi connectivity index (χ0) is 13.3. The molecule has 3 rings (SSSR count). The number of aliphatic hydroxyl groups excluding tert-OH is 1. The van der Waals surface area contributed by atoms with Gasteiger partial charge in [-0.2, -0.15) is 0 Å². The first-order chi connectivity index (χ1) is 9.21. The fourth-order valence-corrected chi connectivity index (χ4v) is 2.62. The summed E-state index contributed by atoms with van der Waals surface area (Å²) in [6, 6.07) is 0.394. The van der Waals surface area contributed by atoms with Gasteiger partial charge < -0.3 is 15.2 Å². The minimum absolute atomic E-state index is 0.0517. The van der Waals surface area contributed by atoms with Crippen LogP contribution in [0.4, 0.5) is 5.95 Å². The summed E-state index contributed by atoms with van der Waals surface area (Å²) in [7, 11) is 0. The molecule has 1 saturated heterocycles. The van der Waals surface area contributed by atoms with Crippen molar-refractivity contribution in [3.8, 4) is 0 Å². The average Bonchev–Trinajstić information content (AvgIpc) is 2.78. The molecular weight excluding hydrogens is 244 g/mol. The Bertz CT molecular complexity index is 462. The van der Waals surface area contributed by atoms with Crippen molar-refractivity contribution in [2.75, 3.05) is 25.1 Å². The largest absolute Gasteiger partial charge is 0.394 e. The molecule has 2 aliphatic rings. The van der Waals surface area contributed by atoms with Crippen LogP contribution in [0.5, 0.6) is 0 Å². The number of anilines is 1. The number of aromatic nitrogens is 2. The maximum Gasteiger partial charge on any atom is 0.223 e. The average molecular weight is 264 g/mol. The van der Waals surface area contributed by atoms with Gasteiger partial charge in [0.1, 0.15) is 0 Å². The summed E-state index contributed by atoms with van der Waals surface area (Å²) < 4.78 is 5.33. The molecule has 1 atom stereocenters. The SMILES string of the molecule is CC1(CO)NCc2nc(NC3CCOCC3)ncc21. The topological polar surface area (TPSA) is 79.3 Å². The Morgan fingerprint density at radius 2 is 2.32 bits per heavy atom. The first-order valence-corrected chi connectivity index (χ1v) is 6.78. The van der Waals surface area contributed by atoms with Crippen molar-refractivity contribution in [3.63, 3.8) is 0 Å². The molecule has 0 aromatic carbocycles. The lowest BCUT2D eigenvalue weighted by Gasteiger charge is -2.24. The zero-order valence-electron chi connectivity index (χ0n) is 11.1. The monoisotopic (exact) mass is 264 g/mol. The Morgan fingerprint density at radius 1 is 1.53 bits per heavy atom. The van der Waals surface area contributed by atoms with E-state index >= 15 is 0 Å². The van der Waals surface area contributed by atoms with E-state index in [1.54, 1.807) is 0 Å². The van der Waals surface area contributed by atoms with Gasteiger partial charge in [-0.25, -0.2) is 9.97 Å². The van der Waals surface area contributed by atoms with E-state index in [0.29, 0.717) is 18.5 Å². The van der Waals surface area contributed by atoms with Gasteiger partial charge in [0.2, 0.25) is 5.95 Å². The van der Waals surface area contributed by atoms with Gasteiger partial charge >= 0.3 is 0 Å². The van der Waals surface area contributed by atoms with Gasteiger partial charge in [0.25, 0.3) is 0 Å². The van der Waals surface area contributed by atoms with Crippen molar-refractivity contribution in [1.82, 2.24) is 15.3 Å². The molecule has 0 saturated carbocycles. The van der Waals surface area contributed by atoms with Crippen LogP contribution in [0.3, 0.4) is 0 Å². The van der Waals surface area contributed by atoms with E-state index < -0.39 is 5.54 Å². The number of rotatable bonds is 3. The van der Waals surface area contributed by atoms with Gasteiger partial charge in [-0.3, -0.25) is 5.32 Å². The van der Waals surface area contributed by atoms with Gasteiger partial charge in [0.15, 0.2) is 0 Å². The van der Waals surface area contributed by atoms with Gasteiger partial charge in [-0.05, 0) is 19.8 Å². The van der Waals surface area contributed by atoms with Crippen LogP contribution < -0.4 is 10.6 Å². The number of nitrogens with zero attached hydrogens (tertiary/aromatic N) is 2. The quantitative estimate of drug-likeness (QED) is 0.732. The van der Waals surface area contributed by atoms with Crippen LogP contribution in [0.1, 0.15) is 31.0 Å². The van der Waals surface area contributed by atoms with Crippen LogP contribution in [0.15, 0.2) is 6.20 Å². The van der Waals surface area contributed by atoms with Gasteiger partial charge in [0, 0.05) is 37.6 Å². The molecule has 0 radical (unpaired) electrons. The Hall–Kier alpha value is -1.24. The van der Waals surface area contributed by atoms with Gasteiger partial charge in [0.05, 0.1) is 17.8 Å². The number of fused-ring (bicyclic) bond motifs is 1. The van der Waals surface area contributed by atoms with Crippen LogP contribution in [-0.4, -0.2) is 40.9 Å². The number of hydrogen-bond acceptors (Lipinski definition) is 6. The van der Waals surface area contributed by atoms with Crippen molar-refractivity contribution in [1.29, 1.82) is 0 Å². The van der Waals surface area contributed by atoms with E-state index in [1.165, 1.54) is 0 Å². The molecule has 6 heteroatoms. The predicted octanol–water partition coefficient (Wildman–Crippen LogP) is 0.378. The van der Waals surface area contributed by atoms with E-state index in [-0.39, 0.29) is 6.61 Å². The van der Waals surface area contributed by atoms with Crippen LogP contribution in [0.25, 0.3) is 0 Å². The number of aliphatic hydroxyl groups is 1. The van der Waals surface area contributed by atoms with E-state index in [1.807, 2.05) is 13.1 Å². The lowest BCUT2D eigenvalue weighted by Crippen LogP contribution is -2.36. The highest BCUT2D eigenvalue weighted by Crippen LogP contribution is 2.29. The number of ether oxygens (including phenoxy) is 1. The van der Waals surface area contributed by atoms with Crippen molar-refractivity contribution in [3.05, 3.63) is 17.5 Å². The van der Waals surface area contributed by atoms with Crippen LogP contribution in [-0.2, 0) is 16.8 Å². The van der Waals surface area contributed by atoms with E-state index in [9.17, 15) is 5.11 Å². The summed E-state index contributed by atoms with van der Waals surface area (Å²) in [5.41, 5.74) is 1.56. The molecule has 1 aromatic rings. The Kier molecular flexibility index (Phi) is 3.38. The molecule has 3 heterocycles. The van der Waals surface area contributed by atoms with Crippen molar-refractivity contribution < 1.29 is 9.84 Å². The Balaban J connectivity index is 1.75. The smallest absolute Gasteiger partial charge is 0.223 e. The molecule has 0 amide bonds. The van der Waals surface area contributed by atoms with Crippen LogP contribution in [0.2, 0.25) is 0 Å².